The largest absolute Gasteiger partial charge is 0.454 e. The Bertz CT molecular complexity index is 880. The SMILES string of the molecule is Cc1ccc2oc(-c3ccc(S(N)(=O)=O)cn3)cc2c1. The lowest BCUT2D eigenvalue weighted by Crippen LogP contribution is -2.12. The second-order valence-electron chi connectivity index (χ2n) is 4.58. The van der Waals surface area contributed by atoms with E-state index in [2.05, 4.69) is 4.98 Å². The lowest BCUT2D eigenvalue weighted by molar-refractivity contribution is 0.597. The van der Waals surface area contributed by atoms with Gasteiger partial charge in [0.15, 0.2) is 5.76 Å². The van der Waals surface area contributed by atoms with Crippen LogP contribution >= 0.6 is 0 Å². The molecule has 3 aromatic rings. The van der Waals surface area contributed by atoms with Crippen molar-refractivity contribution in [1.29, 1.82) is 0 Å². The highest BCUT2D eigenvalue weighted by Gasteiger charge is 2.11. The van der Waals surface area contributed by atoms with E-state index >= 15 is 0 Å². The smallest absolute Gasteiger partial charge is 0.239 e. The molecule has 0 aliphatic rings. The number of furan rings is 1. The number of sulfonamides is 1. The van der Waals surface area contributed by atoms with Crippen LogP contribution in [-0.2, 0) is 10.0 Å². The summed E-state index contributed by atoms with van der Waals surface area (Å²) in [7, 11) is -3.73. The fourth-order valence-corrected chi connectivity index (χ4v) is 2.44. The number of primary sulfonamides is 1. The lowest BCUT2D eigenvalue weighted by Gasteiger charge is -1.98. The summed E-state index contributed by atoms with van der Waals surface area (Å²) in [4.78, 5) is 4.06. The van der Waals surface area contributed by atoms with Crippen LogP contribution in [0.5, 0.6) is 0 Å². The molecule has 0 bridgehead atoms. The molecule has 2 N–H and O–H groups in total. The molecule has 2 heterocycles. The zero-order valence-corrected chi connectivity index (χ0v) is 11.5. The van der Waals surface area contributed by atoms with Crippen molar-refractivity contribution in [3.63, 3.8) is 0 Å². The second-order valence-corrected chi connectivity index (χ2v) is 6.14. The number of aromatic nitrogens is 1. The Morgan fingerprint density at radius 2 is 1.95 bits per heavy atom. The van der Waals surface area contributed by atoms with Crippen molar-refractivity contribution in [3.8, 4) is 11.5 Å². The standard InChI is InChI=1S/C14H12N2O3S/c1-9-2-5-13-10(6-9)7-14(19-13)12-4-3-11(8-16-12)20(15,17)18/h2-8H,1H3,(H2,15,17,18). The van der Waals surface area contributed by atoms with Gasteiger partial charge in [0.2, 0.25) is 10.0 Å². The van der Waals surface area contributed by atoms with Crippen molar-refractivity contribution in [2.75, 3.05) is 0 Å². The van der Waals surface area contributed by atoms with Crippen molar-refractivity contribution < 1.29 is 12.8 Å². The van der Waals surface area contributed by atoms with E-state index in [1.807, 2.05) is 31.2 Å². The van der Waals surface area contributed by atoms with Crippen LogP contribution in [0.3, 0.4) is 0 Å². The van der Waals surface area contributed by atoms with Crippen LogP contribution in [0, 0.1) is 6.92 Å². The van der Waals surface area contributed by atoms with Gasteiger partial charge in [-0.05, 0) is 37.3 Å². The van der Waals surface area contributed by atoms with Gasteiger partial charge in [-0.2, -0.15) is 0 Å². The van der Waals surface area contributed by atoms with E-state index in [-0.39, 0.29) is 4.90 Å². The first-order chi connectivity index (χ1) is 9.43. The van der Waals surface area contributed by atoms with Crippen LogP contribution in [-0.4, -0.2) is 13.4 Å². The van der Waals surface area contributed by atoms with Crippen molar-refractivity contribution in [3.05, 3.63) is 48.2 Å². The first-order valence-corrected chi connectivity index (χ1v) is 7.47. The number of pyridine rings is 1. The minimum Gasteiger partial charge on any atom is -0.454 e. The molecule has 0 saturated carbocycles. The monoisotopic (exact) mass is 288 g/mol. The molecule has 5 nitrogen and oxygen atoms in total. The van der Waals surface area contributed by atoms with Gasteiger partial charge in [0.05, 0.1) is 0 Å². The normalized spacial score (nSPS) is 11.9. The van der Waals surface area contributed by atoms with Gasteiger partial charge in [-0.3, -0.25) is 4.98 Å². The van der Waals surface area contributed by atoms with Gasteiger partial charge in [0.25, 0.3) is 0 Å². The molecule has 6 heteroatoms. The maximum Gasteiger partial charge on any atom is 0.239 e. The molecule has 2 aromatic heterocycles. The first kappa shape index (κ1) is 12.8. The second kappa shape index (κ2) is 4.43. The predicted molar refractivity (Wildman–Crippen MR) is 75.6 cm³/mol. The zero-order valence-electron chi connectivity index (χ0n) is 10.7. The van der Waals surface area contributed by atoms with Gasteiger partial charge in [-0.25, -0.2) is 13.6 Å². The maximum absolute atomic E-state index is 11.2. The molecule has 1 aromatic carbocycles. The predicted octanol–water partition coefficient (Wildman–Crippen LogP) is 2.45. The number of aryl methyl sites for hydroxylation is 1. The summed E-state index contributed by atoms with van der Waals surface area (Å²) in [5.41, 5.74) is 2.47. The molecular formula is C14H12N2O3S. The Kier molecular flexibility index (Phi) is 2.84. The number of nitrogens with zero attached hydrogens (tertiary/aromatic N) is 1. The highest BCUT2D eigenvalue weighted by Crippen LogP contribution is 2.27. The van der Waals surface area contributed by atoms with Crippen molar-refractivity contribution >= 4 is 21.0 Å². The minimum absolute atomic E-state index is 0.0202. The van der Waals surface area contributed by atoms with Crippen LogP contribution < -0.4 is 5.14 Å². The molecule has 3 rings (SSSR count). The molecule has 0 atom stereocenters. The summed E-state index contributed by atoms with van der Waals surface area (Å²) in [5.74, 6) is 0.589. The third kappa shape index (κ3) is 2.31. The number of fused-ring (bicyclic) bond motifs is 1. The topological polar surface area (TPSA) is 86.2 Å². The molecule has 0 fully saturated rings. The Morgan fingerprint density at radius 3 is 2.60 bits per heavy atom. The first-order valence-electron chi connectivity index (χ1n) is 5.93. The molecule has 0 aliphatic heterocycles. The van der Waals surface area contributed by atoms with Crippen LogP contribution in [0.1, 0.15) is 5.56 Å². The van der Waals surface area contributed by atoms with E-state index in [1.54, 1.807) is 6.07 Å². The Hall–Kier alpha value is -2.18. The average molecular weight is 288 g/mol. The van der Waals surface area contributed by atoms with Gasteiger partial charge < -0.3 is 4.42 Å². The van der Waals surface area contributed by atoms with Crippen molar-refractivity contribution in [2.24, 2.45) is 5.14 Å². The molecule has 102 valence electrons. The third-order valence-corrected chi connectivity index (χ3v) is 3.89. The van der Waals surface area contributed by atoms with Crippen LogP contribution in [0.2, 0.25) is 0 Å². The maximum atomic E-state index is 11.2. The molecule has 0 radical (unpaired) electrons. The van der Waals surface area contributed by atoms with E-state index < -0.39 is 10.0 Å². The highest BCUT2D eigenvalue weighted by atomic mass is 32.2. The molecule has 0 unspecified atom stereocenters. The summed E-state index contributed by atoms with van der Waals surface area (Å²) in [6.07, 6.45) is 1.23. The number of hydrogen-bond donors (Lipinski definition) is 1. The van der Waals surface area contributed by atoms with Gasteiger partial charge in [-0.15, -0.1) is 0 Å². The Balaban J connectivity index is 2.07. The van der Waals surface area contributed by atoms with Gasteiger partial charge >= 0.3 is 0 Å². The van der Waals surface area contributed by atoms with Crippen molar-refractivity contribution in [2.45, 2.75) is 11.8 Å². The third-order valence-electron chi connectivity index (χ3n) is 2.99. The van der Waals surface area contributed by atoms with E-state index in [9.17, 15) is 8.42 Å². The summed E-state index contributed by atoms with van der Waals surface area (Å²) in [5, 5.41) is 6.02. The summed E-state index contributed by atoms with van der Waals surface area (Å²) in [6, 6.07) is 10.7. The summed E-state index contributed by atoms with van der Waals surface area (Å²) in [6.45, 7) is 2.01. The van der Waals surface area contributed by atoms with Crippen LogP contribution in [0.4, 0.5) is 0 Å². The summed E-state index contributed by atoms with van der Waals surface area (Å²) >= 11 is 0. The molecule has 20 heavy (non-hydrogen) atoms. The number of nitrogens with two attached hydrogens (primary N) is 1. The van der Waals surface area contributed by atoms with Crippen LogP contribution in [0.15, 0.2) is 51.9 Å². The lowest BCUT2D eigenvalue weighted by atomic mass is 10.2. The minimum atomic E-state index is -3.73. The van der Waals surface area contributed by atoms with E-state index in [1.165, 1.54) is 12.3 Å². The number of rotatable bonds is 2. The molecule has 0 spiro atoms. The van der Waals surface area contributed by atoms with E-state index in [0.717, 1.165) is 16.5 Å². The number of hydrogen-bond acceptors (Lipinski definition) is 4. The van der Waals surface area contributed by atoms with Crippen LogP contribution in [0.25, 0.3) is 22.4 Å². The quantitative estimate of drug-likeness (QED) is 0.784. The Labute approximate surface area is 116 Å². The van der Waals surface area contributed by atoms with Gasteiger partial charge in [-0.1, -0.05) is 11.6 Å². The van der Waals surface area contributed by atoms with E-state index in [0.29, 0.717) is 11.5 Å². The van der Waals surface area contributed by atoms with Crippen molar-refractivity contribution in [1.82, 2.24) is 4.98 Å². The molecule has 0 amide bonds. The molecule has 0 aliphatic carbocycles. The average Bonchev–Trinajstić information content (AvgIpc) is 2.80. The highest BCUT2D eigenvalue weighted by molar-refractivity contribution is 7.89. The van der Waals surface area contributed by atoms with E-state index in [4.69, 9.17) is 9.56 Å². The zero-order chi connectivity index (χ0) is 14.3. The molecule has 0 saturated heterocycles. The fraction of sp³-hybridized carbons (Fsp3) is 0.0714. The summed E-state index contributed by atoms with van der Waals surface area (Å²) < 4.78 is 28.0. The molecular weight excluding hydrogens is 276 g/mol. The fourth-order valence-electron chi connectivity index (χ4n) is 1.98. The number of benzene rings is 1. The van der Waals surface area contributed by atoms with Gasteiger partial charge in [0, 0.05) is 11.6 Å². The van der Waals surface area contributed by atoms with Gasteiger partial charge in [0.1, 0.15) is 16.2 Å². The Morgan fingerprint density at radius 1 is 1.15 bits per heavy atom.